The first kappa shape index (κ1) is 43.3. The quantitative estimate of drug-likeness (QED) is 0.0492. The van der Waals surface area contributed by atoms with E-state index >= 15 is 0 Å². The second-order valence-electron chi connectivity index (χ2n) is 15.2. The Labute approximate surface area is 344 Å². The summed E-state index contributed by atoms with van der Waals surface area (Å²) in [7, 11) is 1.65. The van der Waals surface area contributed by atoms with E-state index in [-0.39, 0.29) is 75.3 Å². The van der Waals surface area contributed by atoms with Crippen LogP contribution in [-0.4, -0.2) is 77.1 Å². The zero-order valence-corrected chi connectivity index (χ0v) is 33.7. The van der Waals surface area contributed by atoms with Crippen LogP contribution >= 0.6 is 0 Å². The summed E-state index contributed by atoms with van der Waals surface area (Å²) in [4.78, 5) is 32.0. The highest BCUT2D eigenvalue weighted by molar-refractivity contribution is 6.02. The second-order valence-corrected chi connectivity index (χ2v) is 15.2. The highest BCUT2D eigenvalue weighted by Crippen LogP contribution is 2.61. The van der Waals surface area contributed by atoms with E-state index in [0.29, 0.717) is 41.2 Å². The van der Waals surface area contributed by atoms with Crippen LogP contribution in [0.3, 0.4) is 0 Å². The number of hydrogen-bond acceptors (Lipinski definition) is 11. The molecule has 2 aliphatic carbocycles. The van der Waals surface area contributed by atoms with Gasteiger partial charge in [0.2, 0.25) is 5.79 Å². The number of rotatable bonds is 20. The van der Waals surface area contributed by atoms with Gasteiger partial charge < -0.3 is 38.9 Å². The van der Waals surface area contributed by atoms with Gasteiger partial charge in [-0.15, -0.1) is 6.58 Å². The number of unbranched alkanes of at least 4 members (excludes halogenated alkanes) is 2. The number of likely N-dealkylation sites (N-methyl/N-ethyl adjacent to an activating group) is 1. The Morgan fingerprint density at radius 3 is 2.51 bits per heavy atom. The van der Waals surface area contributed by atoms with Crippen molar-refractivity contribution in [2.45, 2.75) is 82.8 Å². The average molecular weight is 816 g/mol. The van der Waals surface area contributed by atoms with Crippen LogP contribution in [0.5, 0.6) is 11.5 Å². The van der Waals surface area contributed by atoms with Crippen LogP contribution in [0.2, 0.25) is 0 Å². The lowest BCUT2D eigenvalue weighted by Crippen LogP contribution is -2.69. The summed E-state index contributed by atoms with van der Waals surface area (Å²) in [6, 6.07) is 17.3. The van der Waals surface area contributed by atoms with Gasteiger partial charge >= 0.3 is 6.09 Å². The second kappa shape index (κ2) is 20.1. The van der Waals surface area contributed by atoms with E-state index in [1.165, 1.54) is 23.1 Å². The first-order valence-corrected chi connectivity index (χ1v) is 20.3. The van der Waals surface area contributed by atoms with Crippen LogP contribution in [0.15, 0.2) is 96.2 Å². The number of aliphatic hydroxyl groups is 2. The molecule has 3 aromatic rings. The SMILES string of the molecule is C=CCO[C@@]12Oc3ccc(OCc4ccccc4F)cc3[C@H]3[C@H](CCCCO)[C@@H](CCCCO)C=C(C(=NOCc4ccc([N+](=O)[O-])cc4)C[C@@H]1N(C)C(=O)OCC)[C@H]32. The Morgan fingerprint density at radius 2 is 1.81 bits per heavy atom. The van der Waals surface area contributed by atoms with Crippen LogP contribution in [0.4, 0.5) is 14.9 Å². The van der Waals surface area contributed by atoms with E-state index in [2.05, 4.69) is 12.7 Å². The maximum absolute atomic E-state index is 14.7. The van der Waals surface area contributed by atoms with Crippen LogP contribution in [-0.2, 0) is 27.5 Å². The van der Waals surface area contributed by atoms with E-state index in [0.717, 1.165) is 36.8 Å². The first-order valence-electron chi connectivity index (χ1n) is 20.3. The number of allylic oxidation sites excluding steroid dienone is 1. The van der Waals surface area contributed by atoms with Crippen molar-refractivity contribution in [3.8, 4) is 11.5 Å². The van der Waals surface area contributed by atoms with Gasteiger partial charge in [0.25, 0.3) is 5.69 Å². The van der Waals surface area contributed by atoms with Crippen molar-refractivity contribution >= 4 is 17.5 Å². The smallest absolute Gasteiger partial charge is 0.409 e. The van der Waals surface area contributed by atoms with Crippen molar-refractivity contribution in [3.05, 3.63) is 124 Å². The van der Waals surface area contributed by atoms with Gasteiger partial charge in [-0.25, -0.2) is 9.18 Å². The number of nitrogens with zero attached hydrogens (tertiary/aromatic N) is 3. The average Bonchev–Trinajstić information content (AvgIpc) is 3.24. The molecular formula is C45H54FN3O10. The van der Waals surface area contributed by atoms with Crippen molar-refractivity contribution in [3.63, 3.8) is 0 Å². The lowest BCUT2D eigenvalue weighted by atomic mass is 9.55. The largest absolute Gasteiger partial charge is 0.489 e. The molecule has 1 aliphatic heterocycles. The van der Waals surface area contributed by atoms with E-state index < -0.39 is 28.8 Å². The molecule has 1 heterocycles. The van der Waals surface area contributed by atoms with E-state index in [9.17, 15) is 29.5 Å². The number of halogens is 1. The van der Waals surface area contributed by atoms with Gasteiger partial charge in [-0.3, -0.25) is 10.1 Å². The molecule has 6 atom stereocenters. The van der Waals surface area contributed by atoms with Gasteiger partial charge in [0.1, 0.15) is 36.6 Å². The maximum Gasteiger partial charge on any atom is 0.409 e. The molecule has 1 amide bonds. The lowest BCUT2D eigenvalue weighted by Gasteiger charge is -2.59. The maximum atomic E-state index is 14.7. The van der Waals surface area contributed by atoms with Gasteiger partial charge in [-0.1, -0.05) is 48.3 Å². The minimum absolute atomic E-state index is 0.00162. The number of aliphatic hydroxyl groups excluding tert-OH is 2. The number of ether oxygens (including phenoxy) is 4. The molecule has 59 heavy (non-hydrogen) atoms. The molecule has 13 nitrogen and oxygen atoms in total. The fourth-order valence-corrected chi connectivity index (χ4v) is 8.85. The molecule has 0 unspecified atom stereocenters. The number of fused-ring (bicyclic) bond motifs is 2. The van der Waals surface area contributed by atoms with Gasteiger partial charge in [-0.2, -0.15) is 0 Å². The number of nitro benzene ring substituents is 1. The van der Waals surface area contributed by atoms with Crippen LogP contribution < -0.4 is 9.47 Å². The summed E-state index contributed by atoms with van der Waals surface area (Å²) in [5.41, 5.74) is 3.34. The molecule has 3 aromatic carbocycles. The van der Waals surface area contributed by atoms with Crippen LogP contribution in [0, 0.1) is 33.7 Å². The number of nitro groups is 1. The molecule has 0 radical (unpaired) electrons. The highest BCUT2D eigenvalue weighted by atomic mass is 19.1. The van der Waals surface area contributed by atoms with Crippen LogP contribution in [0.1, 0.15) is 74.5 Å². The lowest BCUT2D eigenvalue weighted by molar-refractivity contribution is -0.384. The van der Waals surface area contributed by atoms with Crippen molar-refractivity contribution in [1.82, 2.24) is 4.90 Å². The molecule has 0 bridgehead atoms. The van der Waals surface area contributed by atoms with Gasteiger partial charge in [-0.05, 0) is 92.0 Å². The molecule has 6 rings (SSSR count). The van der Waals surface area contributed by atoms with Crippen molar-refractivity contribution < 1.29 is 48.1 Å². The summed E-state index contributed by atoms with van der Waals surface area (Å²) in [5, 5.41) is 35.7. The minimum atomic E-state index is -1.46. The minimum Gasteiger partial charge on any atom is -0.489 e. The molecule has 1 saturated carbocycles. The normalized spacial score (nSPS) is 23.6. The highest BCUT2D eigenvalue weighted by Gasteiger charge is 2.65. The number of hydrogen-bond donors (Lipinski definition) is 2. The third-order valence-corrected chi connectivity index (χ3v) is 11.6. The number of carbonyl (C=O) groups excluding carboxylic acids is 1. The Balaban J connectivity index is 1.51. The summed E-state index contributed by atoms with van der Waals surface area (Å²) in [6.45, 7) is 6.08. The first-order chi connectivity index (χ1) is 28.6. The van der Waals surface area contributed by atoms with Gasteiger partial charge in [0.05, 0.1) is 29.8 Å². The fourth-order valence-electron chi connectivity index (χ4n) is 8.85. The zero-order valence-electron chi connectivity index (χ0n) is 33.7. The van der Waals surface area contributed by atoms with E-state index in [4.69, 9.17) is 28.9 Å². The van der Waals surface area contributed by atoms with Gasteiger partial charge in [0.15, 0.2) is 0 Å². The molecule has 316 valence electrons. The van der Waals surface area contributed by atoms with E-state index in [1.807, 2.05) is 12.1 Å². The Bertz CT molecular complexity index is 1990. The third-order valence-electron chi connectivity index (χ3n) is 11.6. The predicted molar refractivity (Wildman–Crippen MR) is 218 cm³/mol. The molecule has 0 spiro atoms. The number of carbonyl (C=O) groups is 1. The molecule has 0 aromatic heterocycles. The summed E-state index contributed by atoms with van der Waals surface area (Å²) in [5.74, 6) is -1.62. The fraction of sp³-hybridized carbons (Fsp3) is 0.467. The topological polar surface area (TPSA) is 162 Å². The molecule has 2 N–H and O–H groups in total. The Morgan fingerprint density at radius 1 is 1.07 bits per heavy atom. The summed E-state index contributed by atoms with van der Waals surface area (Å²) in [6.07, 6.45) is 7.73. The van der Waals surface area contributed by atoms with Crippen molar-refractivity contribution in [1.29, 1.82) is 0 Å². The Hall–Kier alpha value is -5.31. The van der Waals surface area contributed by atoms with E-state index in [1.54, 1.807) is 56.4 Å². The summed E-state index contributed by atoms with van der Waals surface area (Å²) < 4.78 is 40.4. The molecule has 14 heteroatoms. The van der Waals surface area contributed by atoms with Gasteiger partial charge in [0, 0.05) is 55.9 Å². The number of non-ortho nitro benzene ring substituents is 1. The standard InChI is InChI=1S/C45H54FN3O10/c1-4-24-57-45-41(48(3)44(52)55-5-2)27-39(47-58-28-30-16-18-33(19-17-30)49(53)54)36-25-31(12-8-10-22-50)35(14-9-11-23-51)42(43(36)45)37-26-34(20-21-40(37)59-45)56-29-32-13-6-7-15-38(32)46/h4,6-7,13,15-21,25-26,31,35,41-43,50-51H,1,5,8-12,14,22-24,27-29H2,2-3H3/t31-,35+,41-,42+,43+,45+/m0/s1. The number of oxime groups is 1. The summed E-state index contributed by atoms with van der Waals surface area (Å²) >= 11 is 0. The van der Waals surface area contributed by atoms with Crippen molar-refractivity contribution in [2.75, 3.05) is 33.5 Å². The molecule has 1 fully saturated rings. The monoisotopic (exact) mass is 815 g/mol. The molecule has 0 saturated heterocycles. The third kappa shape index (κ3) is 9.61. The van der Waals surface area contributed by atoms with Crippen molar-refractivity contribution in [2.24, 2.45) is 22.9 Å². The zero-order chi connectivity index (χ0) is 41.9. The number of benzene rings is 3. The molecule has 3 aliphatic rings. The molecular weight excluding hydrogens is 762 g/mol. The number of amides is 1. The predicted octanol–water partition coefficient (Wildman–Crippen LogP) is 8.24. The van der Waals surface area contributed by atoms with Crippen LogP contribution in [0.25, 0.3) is 0 Å². The Kier molecular flexibility index (Phi) is 14.7.